The summed E-state index contributed by atoms with van der Waals surface area (Å²) in [5.41, 5.74) is 1.41. The van der Waals surface area contributed by atoms with Gasteiger partial charge >= 0.3 is 0 Å². The van der Waals surface area contributed by atoms with Crippen LogP contribution in [-0.4, -0.2) is 58.1 Å². The van der Waals surface area contributed by atoms with E-state index in [1.807, 2.05) is 6.92 Å². The lowest BCUT2D eigenvalue weighted by Crippen LogP contribution is -2.40. The van der Waals surface area contributed by atoms with Gasteiger partial charge in [0.05, 0.1) is 18.4 Å². The highest BCUT2D eigenvalue weighted by molar-refractivity contribution is 5.99. The Hall–Kier alpha value is -3.37. The number of carbonyl (C=O) groups is 1. The third-order valence-corrected chi connectivity index (χ3v) is 4.97. The van der Waals surface area contributed by atoms with E-state index in [1.165, 1.54) is 23.0 Å². The number of aryl methyl sites for hydroxylation is 1. The molecule has 0 fully saturated rings. The fourth-order valence-electron chi connectivity index (χ4n) is 3.28. The van der Waals surface area contributed by atoms with Crippen molar-refractivity contribution in [2.45, 2.75) is 19.4 Å². The molecule has 0 saturated carbocycles. The van der Waals surface area contributed by atoms with E-state index in [4.69, 9.17) is 5.11 Å². The summed E-state index contributed by atoms with van der Waals surface area (Å²) in [6.45, 7) is 2.90. The first kappa shape index (κ1) is 24.3. The molecule has 0 saturated heterocycles. The highest BCUT2D eigenvalue weighted by Gasteiger charge is 2.19. The third-order valence-electron chi connectivity index (χ3n) is 4.97. The second kappa shape index (κ2) is 11.5. The number of hydrogen-bond acceptors (Lipinski definition) is 6. The molecule has 3 aromatic rings. The van der Waals surface area contributed by atoms with Crippen LogP contribution in [0, 0.1) is 11.6 Å². The second-order valence-corrected chi connectivity index (χ2v) is 7.71. The highest BCUT2D eigenvalue weighted by atomic mass is 19.1. The van der Waals surface area contributed by atoms with Gasteiger partial charge < -0.3 is 21.1 Å². The molecule has 2 heterocycles. The van der Waals surface area contributed by atoms with E-state index in [9.17, 15) is 13.6 Å². The smallest absolute Gasteiger partial charge is 0.255 e. The van der Waals surface area contributed by atoms with Gasteiger partial charge in [-0.05, 0) is 37.1 Å². The lowest BCUT2D eigenvalue weighted by Gasteiger charge is -2.16. The van der Waals surface area contributed by atoms with Gasteiger partial charge in [-0.1, -0.05) is 12.1 Å². The molecule has 1 atom stereocenters. The molecule has 176 valence electrons. The predicted molar refractivity (Wildman–Crippen MR) is 122 cm³/mol. The molecule has 0 aliphatic carbocycles. The van der Waals surface area contributed by atoms with Crippen molar-refractivity contribution in [2.24, 2.45) is 7.05 Å². The maximum Gasteiger partial charge on any atom is 0.255 e. The number of pyridine rings is 1. The normalized spacial score (nSPS) is 11.9. The van der Waals surface area contributed by atoms with E-state index in [0.29, 0.717) is 25.1 Å². The van der Waals surface area contributed by atoms with Crippen molar-refractivity contribution in [2.75, 3.05) is 31.6 Å². The third kappa shape index (κ3) is 6.80. The van der Waals surface area contributed by atoms with Crippen LogP contribution in [0.1, 0.15) is 22.8 Å². The average molecular weight is 459 g/mol. The molecule has 0 bridgehead atoms. The van der Waals surface area contributed by atoms with Gasteiger partial charge in [0.15, 0.2) is 5.82 Å². The van der Waals surface area contributed by atoms with E-state index in [0.717, 1.165) is 11.6 Å². The van der Waals surface area contributed by atoms with Gasteiger partial charge in [0, 0.05) is 44.5 Å². The van der Waals surface area contributed by atoms with Gasteiger partial charge in [0.1, 0.15) is 17.3 Å². The molecule has 4 N–H and O–H groups in total. The first-order chi connectivity index (χ1) is 15.9. The van der Waals surface area contributed by atoms with E-state index in [2.05, 4.69) is 26.0 Å². The Bertz CT molecular complexity index is 1090. The molecule has 0 radical (unpaired) electrons. The highest BCUT2D eigenvalue weighted by Crippen LogP contribution is 2.25. The fourth-order valence-corrected chi connectivity index (χ4v) is 3.28. The number of nitrogens with one attached hydrogen (secondary N) is 3. The molecular formula is C23H28F2N6O2. The van der Waals surface area contributed by atoms with Crippen molar-refractivity contribution in [1.29, 1.82) is 0 Å². The molecule has 0 spiro atoms. The topological polar surface area (TPSA) is 104 Å². The Kier molecular flexibility index (Phi) is 8.45. The molecule has 0 unspecified atom stereocenters. The van der Waals surface area contributed by atoms with Gasteiger partial charge in [-0.2, -0.15) is 5.10 Å². The Morgan fingerprint density at radius 2 is 2.06 bits per heavy atom. The number of rotatable bonds is 11. The molecular weight excluding hydrogens is 430 g/mol. The van der Waals surface area contributed by atoms with Crippen molar-refractivity contribution in [1.82, 2.24) is 25.4 Å². The number of nitrogens with zero attached hydrogens (tertiary/aromatic N) is 3. The maximum absolute atomic E-state index is 14.9. The minimum atomic E-state index is -0.643. The number of benzene rings is 1. The van der Waals surface area contributed by atoms with Crippen molar-refractivity contribution >= 4 is 11.7 Å². The maximum atomic E-state index is 14.9. The summed E-state index contributed by atoms with van der Waals surface area (Å²) in [6, 6.07) is 7.32. The first-order valence-electron chi connectivity index (χ1n) is 10.7. The van der Waals surface area contributed by atoms with Crippen LogP contribution in [0.2, 0.25) is 0 Å². The zero-order valence-electron chi connectivity index (χ0n) is 18.6. The Balaban J connectivity index is 1.80. The van der Waals surface area contributed by atoms with Crippen molar-refractivity contribution in [3.8, 4) is 11.3 Å². The quantitative estimate of drug-likeness (QED) is 0.351. The van der Waals surface area contributed by atoms with Gasteiger partial charge in [-0.3, -0.25) is 9.48 Å². The summed E-state index contributed by atoms with van der Waals surface area (Å²) < 4.78 is 29.9. The number of hydrogen-bond donors (Lipinski definition) is 4. The van der Waals surface area contributed by atoms with Crippen molar-refractivity contribution in [3.05, 3.63) is 65.5 Å². The number of carbonyl (C=O) groups excluding carboxylic acids is 1. The van der Waals surface area contributed by atoms with Crippen LogP contribution in [0.4, 0.5) is 14.6 Å². The standard InChI is InChI=1S/C23H28F2N6O2/c1-15(26-8-9-32)12-28-23(33)19-11-20(25)21(17-13-29-31(2)14-17)30-22(19)27-7-6-16-4-3-5-18(24)10-16/h3-5,10-11,13-15,26,32H,6-9,12H2,1-2H3,(H,27,30)(H,28,33)/t15-/m1/s1. The molecule has 10 heteroatoms. The summed E-state index contributed by atoms with van der Waals surface area (Å²) in [7, 11) is 1.72. The van der Waals surface area contributed by atoms with Crippen molar-refractivity contribution < 1.29 is 18.7 Å². The summed E-state index contributed by atoms with van der Waals surface area (Å²) in [4.78, 5) is 17.2. The predicted octanol–water partition coefficient (Wildman–Crippen LogP) is 2.12. The Morgan fingerprint density at radius 3 is 2.76 bits per heavy atom. The summed E-state index contributed by atoms with van der Waals surface area (Å²) in [5.74, 6) is -1.23. The van der Waals surface area contributed by atoms with Crippen LogP contribution in [0.15, 0.2) is 42.7 Å². The van der Waals surface area contributed by atoms with Crippen LogP contribution >= 0.6 is 0 Å². The SMILES string of the molecule is C[C@H](CNC(=O)c1cc(F)c(-c2cnn(C)c2)nc1NCCc1cccc(F)c1)NCCO. The van der Waals surface area contributed by atoms with E-state index in [1.54, 1.807) is 25.4 Å². The van der Waals surface area contributed by atoms with Gasteiger partial charge in [0.25, 0.3) is 5.91 Å². The zero-order valence-corrected chi connectivity index (χ0v) is 18.6. The van der Waals surface area contributed by atoms with E-state index in [-0.39, 0.29) is 42.1 Å². The van der Waals surface area contributed by atoms with Crippen molar-refractivity contribution in [3.63, 3.8) is 0 Å². The molecule has 1 amide bonds. The molecule has 1 aromatic carbocycles. The second-order valence-electron chi connectivity index (χ2n) is 7.71. The minimum Gasteiger partial charge on any atom is -0.395 e. The monoisotopic (exact) mass is 458 g/mol. The molecule has 3 rings (SSSR count). The van der Waals surface area contributed by atoms with E-state index < -0.39 is 11.7 Å². The molecule has 8 nitrogen and oxygen atoms in total. The molecule has 2 aromatic heterocycles. The van der Waals surface area contributed by atoms with Crippen LogP contribution < -0.4 is 16.0 Å². The molecule has 0 aliphatic rings. The van der Waals surface area contributed by atoms with E-state index >= 15 is 0 Å². The van der Waals surface area contributed by atoms with Crippen LogP contribution in [-0.2, 0) is 13.5 Å². The number of aliphatic hydroxyl groups is 1. The van der Waals surface area contributed by atoms with Gasteiger partial charge in [-0.25, -0.2) is 13.8 Å². The zero-order chi connectivity index (χ0) is 23.8. The lowest BCUT2D eigenvalue weighted by molar-refractivity contribution is 0.0950. The summed E-state index contributed by atoms with van der Waals surface area (Å²) in [5, 5.41) is 21.9. The Labute approximate surface area is 191 Å². The first-order valence-corrected chi connectivity index (χ1v) is 10.7. The molecule has 33 heavy (non-hydrogen) atoms. The number of anilines is 1. The van der Waals surface area contributed by atoms with Crippen LogP contribution in [0.5, 0.6) is 0 Å². The fraction of sp³-hybridized carbons (Fsp3) is 0.348. The lowest BCUT2D eigenvalue weighted by atomic mass is 10.1. The average Bonchev–Trinajstić information content (AvgIpc) is 3.22. The summed E-state index contributed by atoms with van der Waals surface area (Å²) >= 11 is 0. The van der Waals surface area contributed by atoms with Gasteiger partial charge in [0.2, 0.25) is 0 Å². The largest absolute Gasteiger partial charge is 0.395 e. The summed E-state index contributed by atoms with van der Waals surface area (Å²) in [6.07, 6.45) is 3.62. The Morgan fingerprint density at radius 1 is 1.24 bits per heavy atom. The van der Waals surface area contributed by atoms with Gasteiger partial charge in [-0.15, -0.1) is 0 Å². The number of aliphatic hydroxyl groups excluding tert-OH is 1. The van der Waals surface area contributed by atoms with Crippen LogP contribution in [0.25, 0.3) is 11.3 Å². The number of amides is 1. The molecule has 0 aliphatic heterocycles. The number of halogens is 2. The minimum absolute atomic E-state index is 0.0113. The number of aromatic nitrogens is 3. The van der Waals surface area contributed by atoms with Crippen LogP contribution in [0.3, 0.4) is 0 Å².